The molecule has 7 nitrogen and oxygen atoms in total. The first-order valence-electron chi connectivity index (χ1n) is 11.5. The van der Waals surface area contributed by atoms with E-state index in [-0.39, 0.29) is 23.0 Å². The number of aryl methyl sites for hydroxylation is 2. The summed E-state index contributed by atoms with van der Waals surface area (Å²) in [5.74, 6) is -0.935. The van der Waals surface area contributed by atoms with Crippen LogP contribution in [0.1, 0.15) is 23.6 Å². The van der Waals surface area contributed by atoms with Gasteiger partial charge in [0.2, 0.25) is 11.8 Å². The van der Waals surface area contributed by atoms with Crippen LogP contribution in [-0.2, 0) is 26.2 Å². The molecule has 0 aliphatic rings. The minimum atomic E-state index is -4.16. The summed E-state index contributed by atoms with van der Waals surface area (Å²) in [7, 11) is -2.68. The number of hydrogen-bond donors (Lipinski definition) is 1. The number of sulfonamides is 1. The van der Waals surface area contributed by atoms with Crippen molar-refractivity contribution in [3.05, 3.63) is 93.5 Å². The number of benzene rings is 3. The molecule has 10 heteroatoms. The average Bonchev–Trinajstić information content (AvgIpc) is 2.87. The Morgan fingerprint density at radius 2 is 1.51 bits per heavy atom. The summed E-state index contributed by atoms with van der Waals surface area (Å²) in [4.78, 5) is 27.7. The maximum Gasteiger partial charge on any atom is 0.264 e. The molecule has 2 amide bonds. The van der Waals surface area contributed by atoms with Gasteiger partial charge in [-0.1, -0.05) is 59.1 Å². The lowest BCUT2D eigenvalue weighted by Crippen LogP contribution is -2.50. The summed E-state index contributed by atoms with van der Waals surface area (Å²) < 4.78 is 28.7. The van der Waals surface area contributed by atoms with Gasteiger partial charge in [0.15, 0.2) is 0 Å². The van der Waals surface area contributed by atoms with Gasteiger partial charge in [-0.2, -0.15) is 0 Å². The fraction of sp³-hybridized carbons (Fsp3) is 0.259. The van der Waals surface area contributed by atoms with Crippen LogP contribution in [0.5, 0.6) is 0 Å². The van der Waals surface area contributed by atoms with Crippen molar-refractivity contribution in [1.29, 1.82) is 0 Å². The number of amides is 2. The number of rotatable bonds is 9. The number of likely N-dealkylation sites (N-methyl/N-ethyl adjacent to an activating group) is 1. The van der Waals surface area contributed by atoms with Crippen molar-refractivity contribution in [2.45, 2.75) is 38.3 Å². The van der Waals surface area contributed by atoms with E-state index < -0.39 is 28.5 Å². The van der Waals surface area contributed by atoms with Gasteiger partial charge in [0.05, 0.1) is 10.6 Å². The average molecular weight is 563 g/mol. The number of carbonyl (C=O) groups is 2. The van der Waals surface area contributed by atoms with Crippen LogP contribution in [0.25, 0.3) is 0 Å². The number of hydrogen-bond acceptors (Lipinski definition) is 4. The van der Waals surface area contributed by atoms with Crippen LogP contribution in [0.2, 0.25) is 10.0 Å². The van der Waals surface area contributed by atoms with Gasteiger partial charge in [-0.25, -0.2) is 8.42 Å². The van der Waals surface area contributed by atoms with E-state index in [0.29, 0.717) is 15.6 Å². The first kappa shape index (κ1) is 28.5. The highest BCUT2D eigenvalue weighted by molar-refractivity contribution is 7.92. The highest BCUT2D eigenvalue weighted by Crippen LogP contribution is 2.30. The number of nitrogens with one attached hydrogen (secondary N) is 1. The van der Waals surface area contributed by atoms with Gasteiger partial charge in [-0.3, -0.25) is 13.9 Å². The van der Waals surface area contributed by atoms with Crippen LogP contribution in [-0.4, -0.2) is 44.8 Å². The lowest BCUT2D eigenvalue weighted by molar-refractivity contribution is -0.139. The smallest absolute Gasteiger partial charge is 0.264 e. The number of nitrogens with zero attached hydrogens (tertiary/aromatic N) is 2. The Labute approximate surface area is 228 Å². The van der Waals surface area contributed by atoms with E-state index in [9.17, 15) is 18.0 Å². The van der Waals surface area contributed by atoms with Crippen LogP contribution >= 0.6 is 23.2 Å². The second kappa shape index (κ2) is 12.0. The zero-order chi connectivity index (χ0) is 27.3. The predicted octanol–water partition coefficient (Wildman–Crippen LogP) is 4.97. The molecule has 0 saturated carbocycles. The van der Waals surface area contributed by atoms with Crippen molar-refractivity contribution < 1.29 is 18.0 Å². The topological polar surface area (TPSA) is 86.8 Å². The number of anilines is 1. The van der Waals surface area contributed by atoms with Gasteiger partial charge in [-0.05, 0) is 68.3 Å². The molecule has 1 atom stereocenters. The molecule has 0 heterocycles. The van der Waals surface area contributed by atoms with Crippen molar-refractivity contribution in [3.8, 4) is 0 Å². The molecule has 0 aliphatic carbocycles. The predicted molar refractivity (Wildman–Crippen MR) is 147 cm³/mol. The van der Waals surface area contributed by atoms with Gasteiger partial charge in [-0.15, -0.1) is 0 Å². The molecule has 0 saturated heterocycles. The second-order valence-corrected chi connectivity index (χ2v) is 11.4. The molecule has 196 valence electrons. The molecule has 3 aromatic carbocycles. The maximum atomic E-state index is 13.8. The molecule has 0 aliphatic heterocycles. The van der Waals surface area contributed by atoms with Crippen LogP contribution < -0.4 is 9.62 Å². The maximum absolute atomic E-state index is 13.8. The molecule has 0 bridgehead atoms. The van der Waals surface area contributed by atoms with E-state index in [1.165, 1.54) is 30.1 Å². The lowest BCUT2D eigenvalue weighted by Gasteiger charge is -2.32. The van der Waals surface area contributed by atoms with Gasteiger partial charge >= 0.3 is 0 Å². The molecule has 0 fully saturated rings. The minimum Gasteiger partial charge on any atom is -0.357 e. The Bertz CT molecular complexity index is 1380. The van der Waals surface area contributed by atoms with Crippen molar-refractivity contribution in [2.24, 2.45) is 0 Å². The van der Waals surface area contributed by atoms with E-state index in [4.69, 9.17) is 23.2 Å². The Morgan fingerprint density at radius 3 is 2.11 bits per heavy atom. The van der Waals surface area contributed by atoms with Crippen molar-refractivity contribution in [1.82, 2.24) is 10.2 Å². The Morgan fingerprint density at radius 1 is 0.919 bits per heavy atom. The zero-order valence-corrected chi connectivity index (χ0v) is 23.4. The third-order valence-corrected chi connectivity index (χ3v) is 8.27. The third kappa shape index (κ3) is 6.83. The molecule has 0 radical (unpaired) electrons. The van der Waals surface area contributed by atoms with Gasteiger partial charge in [0, 0.05) is 23.6 Å². The molecule has 3 rings (SSSR count). The van der Waals surface area contributed by atoms with Crippen LogP contribution in [0, 0.1) is 13.8 Å². The standard InChI is InChI=1S/C27H29Cl2N3O4S/c1-18-5-13-24(14-6-18)37(35,36)32(25-15-23(29)10-7-19(25)2)17-26(33)31(20(3)27(34)30-4)16-21-8-11-22(28)12-9-21/h5-15,20H,16-17H2,1-4H3,(H,30,34). The highest BCUT2D eigenvalue weighted by Gasteiger charge is 2.33. The van der Waals surface area contributed by atoms with Crippen molar-refractivity contribution in [3.63, 3.8) is 0 Å². The highest BCUT2D eigenvalue weighted by atomic mass is 35.5. The van der Waals surface area contributed by atoms with E-state index in [2.05, 4.69) is 5.32 Å². The first-order valence-corrected chi connectivity index (χ1v) is 13.7. The summed E-state index contributed by atoms with van der Waals surface area (Å²) >= 11 is 12.2. The number of carbonyl (C=O) groups excluding carboxylic acids is 2. The van der Waals surface area contributed by atoms with Gasteiger partial charge in [0.25, 0.3) is 10.0 Å². The van der Waals surface area contributed by atoms with Crippen LogP contribution in [0.3, 0.4) is 0 Å². The molecular weight excluding hydrogens is 533 g/mol. The molecule has 1 N–H and O–H groups in total. The van der Waals surface area contributed by atoms with Crippen molar-refractivity contribution >= 4 is 50.7 Å². The van der Waals surface area contributed by atoms with E-state index >= 15 is 0 Å². The molecule has 1 unspecified atom stereocenters. The minimum absolute atomic E-state index is 0.0360. The molecule has 0 aromatic heterocycles. The Hall–Kier alpha value is -3.07. The van der Waals surface area contributed by atoms with Crippen LogP contribution in [0.15, 0.2) is 71.6 Å². The fourth-order valence-electron chi connectivity index (χ4n) is 3.78. The Balaban J connectivity index is 2.07. The lowest BCUT2D eigenvalue weighted by atomic mass is 10.1. The van der Waals surface area contributed by atoms with Crippen LogP contribution in [0.4, 0.5) is 5.69 Å². The third-order valence-electron chi connectivity index (χ3n) is 6.01. The van der Waals surface area contributed by atoms with Gasteiger partial charge < -0.3 is 10.2 Å². The fourth-order valence-corrected chi connectivity index (χ4v) is 5.54. The van der Waals surface area contributed by atoms with E-state index in [0.717, 1.165) is 15.4 Å². The summed E-state index contributed by atoms with van der Waals surface area (Å²) in [5.41, 5.74) is 2.53. The van der Waals surface area contributed by atoms with Crippen molar-refractivity contribution in [2.75, 3.05) is 17.9 Å². The van der Waals surface area contributed by atoms with Gasteiger partial charge in [0.1, 0.15) is 12.6 Å². The largest absolute Gasteiger partial charge is 0.357 e. The van der Waals surface area contributed by atoms with E-state index in [1.807, 2.05) is 6.92 Å². The normalized spacial score (nSPS) is 12.1. The summed E-state index contributed by atoms with van der Waals surface area (Å²) in [6.45, 7) is 4.74. The molecule has 0 spiro atoms. The first-order chi connectivity index (χ1) is 17.4. The zero-order valence-electron chi connectivity index (χ0n) is 21.0. The summed E-state index contributed by atoms with van der Waals surface area (Å²) in [6.07, 6.45) is 0. The molecule has 3 aromatic rings. The molecule has 37 heavy (non-hydrogen) atoms. The SMILES string of the molecule is CNC(=O)C(C)N(Cc1ccc(Cl)cc1)C(=O)CN(c1cc(Cl)ccc1C)S(=O)(=O)c1ccc(C)cc1. The van der Waals surface area contributed by atoms with E-state index in [1.54, 1.807) is 62.4 Å². The molecular formula is C27H29Cl2N3O4S. The summed E-state index contributed by atoms with van der Waals surface area (Å²) in [6, 6.07) is 17.3. The summed E-state index contributed by atoms with van der Waals surface area (Å²) in [5, 5.41) is 3.42. The number of halogens is 2. The quantitative estimate of drug-likeness (QED) is 0.399. The monoisotopic (exact) mass is 561 g/mol. The second-order valence-electron chi connectivity index (χ2n) is 8.69. The Kier molecular flexibility index (Phi) is 9.23.